The van der Waals surface area contributed by atoms with Gasteiger partial charge < -0.3 is 19.5 Å². The quantitative estimate of drug-likeness (QED) is 0.853. The van der Waals surface area contributed by atoms with Crippen LogP contribution in [-0.4, -0.2) is 32.8 Å². The number of rotatable bonds is 7. The van der Waals surface area contributed by atoms with Crippen LogP contribution in [0.5, 0.6) is 17.2 Å². The minimum Gasteiger partial charge on any atom is -0.497 e. The molecule has 2 rings (SSSR count). The number of benzene rings is 2. The lowest BCUT2D eigenvalue weighted by molar-refractivity contribution is 0.0926. The number of methoxy groups -OCH3 is 2. The van der Waals surface area contributed by atoms with Gasteiger partial charge in [0.1, 0.15) is 23.9 Å². The van der Waals surface area contributed by atoms with Crippen molar-refractivity contribution >= 4 is 5.91 Å². The molecule has 5 nitrogen and oxygen atoms in total. The Labute approximate surface area is 136 Å². The third-order valence-electron chi connectivity index (χ3n) is 3.29. The zero-order valence-corrected chi connectivity index (χ0v) is 13.5. The molecular weight excluding hydrogens is 294 g/mol. The topological polar surface area (TPSA) is 56.8 Å². The van der Waals surface area contributed by atoms with E-state index in [0.717, 1.165) is 17.2 Å². The summed E-state index contributed by atoms with van der Waals surface area (Å²) in [5.74, 6) is 2.09. The molecule has 0 bridgehead atoms. The van der Waals surface area contributed by atoms with Crippen LogP contribution in [0, 0.1) is 0 Å². The number of amides is 1. The SMILES string of the molecule is COc1ccc(OCC(C)NC(=O)c2ccc(OC)cc2)cc1. The molecule has 0 fully saturated rings. The van der Waals surface area contributed by atoms with Crippen LogP contribution in [0.1, 0.15) is 17.3 Å². The number of nitrogens with one attached hydrogen (secondary N) is 1. The lowest BCUT2D eigenvalue weighted by atomic mass is 10.2. The van der Waals surface area contributed by atoms with Crippen LogP contribution in [0.25, 0.3) is 0 Å². The Bertz CT molecular complexity index is 622. The van der Waals surface area contributed by atoms with Gasteiger partial charge in [-0.15, -0.1) is 0 Å². The van der Waals surface area contributed by atoms with Crippen molar-refractivity contribution in [1.82, 2.24) is 5.32 Å². The first-order valence-corrected chi connectivity index (χ1v) is 7.34. The Morgan fingerprint density at radius 2 is 1.39 bits per heavy atom. The normalized spacial score (nSPS) is 11.4. The van der Waals surface area contributed by atoms with Crippen LogP contribution in [0.15, 0.2) is 48.5 Å². The molecule has 1 unspecified atom stereocenters. The third-order valence-corrected chi connectivity index (χ3v) is 3.29. The minimum absolute atomic E-state index is 0.119. The Balaban J connectivity index is 1.83. The van der Waals surface area contributed by atoms with Crippen molar-refractivity contribution in [1.29, 1.82) is 0 Å². The van der Waals surface area contributed by atoms with E-state index in [9.17, 15) is 4.79 Å². The molecular formula is C18H21NO4. The van der Waals surface area contributed by atoms with Crippen LogP contribution in [-0.2, 0) is 0 Å². The first-order chi connectivity index (χ1) is 11.1. The van der Waals surface area contributed by atoms with E-state index in [4.69, 9.17) is 14.2 Å². The van der Waals surface area contributed by atoms with Gasteiger partial charge in [-0.3, -0.25) is 4.79 Å². The number of hydrogen-bond donors (Lipinski definition) is 1. The van der Waals surface area contributed by atoms with Gasteiger partial charge in [0.15, 0.2) is 0 Å². The van der Waals surface area contributed by atoms with Crippen molar-refractivity contribution in [2.24, 2.45) is 0 Å². The van der Waals surface area contributed by atoms with Crippen LogP contribution >= 0.6 is 0 Å². The van der Waals surface area contributed by atoms with Gasteiger partial charge in [-0.1, -0.05) is 0 Å². The molecule has 1 atom stereocenters. The third kappa shape index (κ3) is 4.92. The zero-order valence-electron chi connectivity index (χ0n) is 13.5. The molecule has 0 saturated carbocycles. The van der Waals surface area contributed by atoms with Gasteiger partial charge >= 0.3 is 0 Å². The molecule has 2 aromatic rings. The summed E-state index contributed by atoms with van der Waals surface area (Å²) in [7, 11) is 3.21. The average molecular weight is 315 g/mol. The molecule has 1 N–H and O–H groups in total. The van der Waals surface area contributed by atoms with Gasteiger partial charge in [0.05, 0.1) is 20.3 Å². The highest BCUT2D eigenvalue weighted by molar-refractivity contribution is 5.94. The zero-order chi connectivity index (χ0) is 16.7. The molecule has 23 heavy (non-hydrogen) atoms. The average Bonchev–Trinajstić information content (AvgIpc) is 2.60. The smallest absolute Gasteiger partial charge is 0.251 e. The van der Waals surface area contributed by atoms with Crippen molar-refractivity contribution in [2.45, 2.75) is 13.0 Å². The largest absolute Gasteiger partial charge is 0.497 e. The highest BCUT2D eigenvalue weighted by atomic mass is 16.5. The predicted octanol–water partition coefficient (Wildman–Crippen LogP) is 2.90. The maximum absolute atomic E-state index is 12.1. The van der Waals surface area contributed by atoms with Crippen molar-refractivity contribution in [3.05, 3.63) is 54.1 Å². The first-order valence-electron chi connectivity index (χ1n) is 7.34. The van der Waals surface area contributed by atoms with E-state index in [1.165, 1.54) is 0 Å². The van der Waals surface area contributed by atoms with E-state index in [2.05, 4.69) is 5.32 Å². The standard InChI is InChI=1S/C18H21NO4/c1-13(12-23-17-10-8-16(22-3)9-11-17)19-18(20)14-4-6-15(21-2)7-5-14/h4-11,13H,12H2,1-3H3,(H,19,20). The predicted molar refractivity (Wildman–Crippen MR) is 88.4 cm³/mol. The summed E-state index contributed by atoms with van der Waals surface area (Å²) in [4.78, 5) is 12.1. The molecule has 0 aliphatic carbocycles. The van der Waals surface area contributed by atoms with Crippen molar-refractivity contribution in [3.63, 3.8) is 0 Å². The molecule has 5 heteroatoms. The molecule has 0 spiro atoms. The lowest BCUT2D eigenvalue weighted by Gasteiger charge is -2.15. The maximum Gasteiger partial charge on any atom is 0.251 e. The van der Waals surface area contributed by atoms with Gasteiger partial charge in [0.2, 0.25) is 0 Å². The Morgan fingerprint density at radius 1 is 0.913 bits per heavy atom. The van der Waals surface area contributed by atoms with E-state index >= 15 is 0 Å². The van der Waals surface area contributed by atoms with E-state index < -0.39 is 0 Å². The van der Waals surface area contributed by atoms with E-state index in [1.807, 2.05) is 31.2 Å². The van der Waals surface area contributed by atoms with Gasteiger partial charge in [0.25, 0.3) is 5.91 Å². The number of hydrogen-bond acceptors (Lipinski definition) is 4. The molecule has 0 heterocycles. The molecule has 0 aliphatic heterocycles. The monoisotopic (exact) mass is 315 g/mol. The molecule has 122 valence electrons. The number of carbonyl (C=O) groups is 1. The van der Waals surface area contributed by atoms with Crippen molar-refractivity contribution < 1.29 is 19.0 Å². The van der Waals surface area contributed by atoms with Gasteiger partial charge in [-0.2, -0.15) is 0 Å². The molecule has 0 radical (unpaired) electrons. The number of ether oxygens (including phenoxy) is 3. The van der Waals surface area contributed by atoms with E-state index in [1.54, 1.807) is 38.5 Å². The first kappa shape index (κ1) is 16.7. The summed E-state index contributed by atoms with van der Waals surface area (Å²) in [5.41, 5.74) is 0.585. The van der Waals surface area contributed by atoms with Gasteiger partial charge in [-0.25, -0.2) is 0 Å². The summed E-state index contributed by atoms with van der Waals surface area (Å²) in [6, 6.07) is 14.2. The lowest BCUT2D eigenvalue weighted by Crippen LogP contribution is -2.36. The summed E-state index contributed by atoms with van der Waals surface area (Å²) in [6.45, 7) is 2.28. The van der Waals surface area contributed by atoms with Gasteiger partial charge in [0, 0.05) is 5.56 Å². The highest BCUT2D eigenvalue weighted by Crippen LogP contribution is 2.17. The van der Waals surface area contributed by atoms with Gasteiger partial charge in [-0.05, 0) is 55.5 Å². The molecule has 0 aliphatic rings. The van der Waals surface area contributed by atoms with Crippen LogP contribution < -0.4 is 19.5 Å². The Kier molecular flexibility index (Phi) is 5.86. The molecule has 0 saturated heterocycles. The number of carbonyl (C=O) groups excluding carboxylic acids is 1. The molecule has 1 amide bonds. The molecule has 2 aromatic carbocycles. The van der Waals surface area contributed by atoms with E-state index in [-0.39, 0.29) is 11.9 Å². The van der Waals surface area contributed by atoms with Crippen LogP contribution in [0.3, 0.4) is 0 Å². The Hall–Kier alpha value is -2.69. The summed E-state index contributed by atoms with van der Waals surface area (Å²) in [6.07, 6.45) is 0. The van der Waals surface area contributed by atoms with Crippen molar-refractivity contribution in [3.8, 4) is 17.2 Å². The van der Waals surface area contributed by atoms with E-state index in [0.29, 0.717) is 12.2 Å². The minimum atomic E-state index is -0.140. The second-order valence-corrected chi connectivity index (χ2v) is 5.09. The fourth-order valence-corrected chi connectivity index (χ4v) is 1.98. The fourth-order valence-electron chi connectivity index (χ4n) is 1.98. The summed E-state index contributed by atoms with van der Waals surface area (Å²) >= 11 is 0. The molecule has 0 aromatic heterocycles. The summed E-state index contributed by atoms with van der Waals surface area (Å²) in [5, 5.41) is 2.90. The Morgan fingerprint density at radius 3 is 1.91 bits per heavy atom. The maximum atomic E-state index is 12.1. The fraction of sp³-hybridized carbons (Fsp3) is 0.278. The van der Waals surface area contributed by atoms with Crippen LogP contribution in [0.4, 0.5) is 0 Å². The second-order valence-electron chi connectivity index (χ2n) is 5.09. The second kappa shape index (κ2) is 8.08. The van der Waals surface area contributed by atoms with Crippen LogP contribution in [0.2, 0.25) is 0 Å². The highest BCUT2D eigenvalue weighted by Gasteiger charge is 2.10. The van der Waals surface area contributed by atoms with Crippen molar-refractivity contribution in [2.75, 3.05) is 20.8 Å². The summed E-state index contributed by atoms with van der Waals surface area (Å²) < 4.78 is 15.8.